The molecule has 0 aliphatic heterocycles. The van der Waals surface area contributed by atoms with E-state index < -0.39 is 6.04 Å². The highest BCUT2D eigenvalue weighted by atomic mass is 35.5. The van der Waals surface area contributed by atoms with Crippen molar-refractivity contribution >= 4 is 49.0 Å². The molecule has 0 saturated carbocycles. The molecule has 0 saturated heterocycles. The Morgan fingerprint density at radius 3 is 2.79 bits per heavy atom. The summed E-state index contributed by atoms with van der Waals surface area (Å²) in [6, 6.07) is 14.5. The summed E-state index contributed by atoms with van der Waals surface area (Å²) in [6.45, 7) is 4.10. The van der Waals surface area contributed by atoms with E-state index in [1.807, 2.05) is 50.2 Å². The maximum atomic E-state index is 13.3. The van der Waals surface area contributed by atoms with Gasteiger partial charge in [-0.1, -0.05) is 48.9 Å². The van der Waals surface area contributed by atoms with Gasteiger partial charge >= 0.3 is 0 Å². The molecule has 1 amide bonds. The summed E-state index contributed by atoms with van der Waals surface area (Å²) in [4.78, 5) is 26.2. The molecule has 0 fully saturated rings. The molecule has 5 nitrogen and oxygen atoms in total. The van der Waals surface area contributed by atoms with Crippen LogP contribution in [-0.4, -0.2) is 15.7 Å². The third kappa shape index (κ3) is 3.66. The Morgan fingerprint density at radius 2 is 2.03 bits per heavy atom. The van der Waals surface area contributed by atoms with Crippen molar-refractivity contribution in [2.75, 3.05) is 0 Å². The third-order valence-corrected chi connectivity index (χ3v) is 6.46. The molecule has 29 heavy (non-hydrogen) atoms. The molecule has 0 aliphatic rings. The van der Waals surface area contributed by atoms with Crippen LogP contribution in [0.3, 0.4) is 0 Å². The average molecular weight is 426 g/mol. The van der Waals surface area contributed by atoms with Gasteiger partial charge < -0.3 is 5.32 Å². The Balaban J connectivity index is 1.71. The lowest BCUT2D eigenvalue weighted by Gasteiger charge is -2.17. The van der Waals surface area contributed by atoms with E-state index in [4.69, 9.17) is 11.6 Å². The van der Waals surface area contributed by atoms with Gasteiger partial charge in [0.05, 0.1) is 15.8 Å². The number of halogens is 1. The van der Waals surface area contributed by atoms with E-state index in [0.29, 0.717) is 23.4 Å². The van der Waals surface area contributed by atoms with Crippen molar-refractivity contribution in [3.8, 4) is 0 Å². The minimum absolute atomic E-state index is 0.229. The molecule has 1 atom stereocenters. The average Bonchev–Trinajstić information content (AvgIpc) is 3.11. The number of rotatable bonds is 5. The maximum Gasteiger partial charge on any atom is 0.276 e. The SMILES string of the molecule is CC[C@H](C(=O)NCc1cccc(Cl)c1)n1nc(C)c2sc3ccccc3c2c1=O. The van der Waals surface area contributed by atoms with Crippen molar-refractivity contribution in [2.24, 2.45) is 0 Å². The molecule has 0 radical (unpaired) electrons. The molecule has 0 spiro atoms. The summed E-state index contributed by atoms with van der Waals surface area (Å²) in [7, 11) is 0. The van der Waals surface area contributed by atoms with Gasteiger partial charge in [-0.15, -0.1) is 11.3 Å². The lowest BCUT2D eigenvalue weighted by Crippen LogP contribution is -2.38. The van der Waals surface area contributed by atoms with Gasteiger partial charge in [0.25, 0.3) is 5.56 Å². The fourth-order valence-electron chi connectivity index (χ4n) is 3.51. The van der Waals surface area contributed by atoms with Crippen molar-refractivity contribution in [3.05, 3.63) is 75.2 Å². The highest BCUT2D eigenvalue weighted by molar-refractivity contribution is 7.26. The first-order chi connectivity index (χ1) is 14.0. The third-order valence-electron chi connectivity index (χ3n) is 4.94. The zero-order valence-electron chi connectivity index (χ0n) is 16.1. The van der Waals surface area contributed by atoms with E-state index in [-0.39, 0.29) is 11.5 Å². The van der Waals surface area contributed by atoms with E-state index in [1.54, 1.807) is 23.5 Å². The van der Waals surface area contributed by atoms with E-state index in [0.717, 1.165) is 26.0 Å². The number of aromatic nitrogens is 2. The fourth-order valence-corrected chi connectivity index (χ4v) is 4.86. The Hall–Kier alpha value is -2.70. The first kappa shape index (κ1) is 19.6. The van der Waals surface area contributed by atoms with Gasteiger partial charge in [0.2, 0.25) is 5.91 Å². The molecule has 2 heterocycles. The van der Waals surface area contributed by atoms with E-state index in [1.165, 1.54) is 4.68 Å². The summed E-state index contributed by atoms with van der Waals surface area (Å²) in [6.07, 6.45) is 0.460. The van der Waals surface area contributed by atoms with Gasteiger partial charge in [0.1, 0.15) is 6.04 Å². The molecule has 2 aromatic carbocycles. The smallest absolute Gasteiger partial charge is 0.276 e. The fraction of sp³-hybridized carbons (Fsp3) is 0.227. The van der Waals surface area contributed by atoms with Crippen LogP contribution in [0.1, 0.15) is 30.6 Å². The number of carbonyl (C=O) groups is 1. The first-order valence-electron chi connectivity index (χ1n) is 9.42. The molecule has 148 valence electrons. The monoisotopic (exact) mass is 425 g/mol. The summed E-state index contributed by atoms with van der Waals surface area (Å²) < 4.78 is 3.26. The predicted octanol–water partition coefficient (Wildman–Crippen LogP) is 4.84. The second-order valence-electron chi connectivity index (χ2n) is 6.91. The topological polar surface area (TPSA) is 64.0 Å². The first-order valence-corrected chi connectivity index (χ1v) is 10.6. The number of nitrogens with one attached hydrogen (secondary N) is 1. The second kappa shape index (κ2) is 7.97. The number of benzene rings is 2. The van der Waals surface area contributed by atoms with Crippen molar-refractivity contribution in [2.45, 2.75) is 32.9 Å². The van der Waals surface area contributed by atoms with Crippen LogP contribution in [0.25, 0.3) is 20.2 Å². The van der Waals surface area contributed by atoms with Crippen LogP contribution in [0.15, 0.2) is 53.3 Å². The molecule has 7 heteroatoms. The number of thiophene rings is 1. The molecule has 4 aromatic rings. The molecule has 1 N–H and O–H groups in total. The van der Waals surface area contributed by atoms with E-state index in [2.05, 4.69) is 10.4 Å². The normalized spacial score (nSPS) is 12.4. The number of hydrogen-bond donors (Lipinski definition) is 1. The number of nitrogens with zero attached hydrogens (tertiary/aromatic N) is 2. The lowest BCUT2D eigenvalue weighted by atomic mass is 10.1. The highest BCUT2D eigenvalue weighted by Gasteiger charge is 2.24. The van der Waals surface area contributed by atoms with Crippen LogP contribution in [0.5, 0.6) is 0 Å². The zero-order chi connectivity index (χ0) is 20.5. The number of carbonyl (C=O) groups excluding carboxylic acids is 1. The van der Waals surface area contributed by atoms with Gasteiger partial charge in [-0.2, -0.15) is 5.10 Å². The van der Waals surface area contributed by atoms with Gasteiger partial charge in [0.15, 0.2) is 0 Å². The van der Waals surface area contributed by atoms with E-state index in [9.17, 15) is 9.59 Å². The van der Waals surface area contributed by atoms with Gasteiger partial charge in [-0.25, -0.2) is 4.68 Å². The minimum atomic E-state index is -0.677. The van der Waals surface area contributed by atoms with Crippen LogP contribution >= 0.6 is 22.9 Å². The molecule has 0 bridgehead atoms. The number of fused-ring (bicyclic) bond motifs is 3. The second-order valence-corrected chi connectivity index (χ2v) is 8.40. The molecular formula is C22H20ClN3O2S. The summed E-state index contributed by atoms with van der Waals surface area (Å²) >= 11 is 7.57. The zero-order valence-corrected chi connectivity index (χ0v) is 17.7. The van der Waals surface area contributed by atoms with Crippen LogP contribution in [0.2, 0.25) is 5.02 Å². The molecule has 4 rings (SSSR count). The summed E-state index contributed by atoms with van der Waals surface area (Å²) in [5, 5.41) is 9.56. The van der Waals surface area contributed by atoms with Gasteiger partial charge in [-0.05, 0) is 37.1 Å². The van der Waals surface area contributed by atoms with Crippen molar-refractivity contribution in [3.63, 3.8) is 0 Å². The maximum absolute atomic E-state index is 13.3. The standard InChI is InChI=1S/C22H20ClN3O2S/c1-3-17(21(27)24-12-14-7-6-8-15(23)11-14)26-22(28)19-16-9-4-5-10-18(16)29-20(19)13(2)25-26/h4-11,17H,3,12H2,1-2H3,(H,24,27)/t17-/m1/s1. The molecule has 0 unspecified atom stereocenters. The number of hydrogen-bond acceptors (Lipinski definition) is 4. The van der Waals surface area contributed by atoms with Crippen molar-refractivity contribution in [1.29, 1.82) is 0 Å². The Bertz CT molecular complexity index is 1280. The minimum Gasteiger partial charge on any atom is -0.350 e. The molecular weight excluding hydrogens is 406 g/mol. The largest absolute Gasteiger partial charge is 0.350 e. The van der Waals surface area contributed by atoms with Crippen molar-refractivity contribution in [1.82, 2.24) is 15.1 Å². The summed E-state index contributed by atoms with van der Waals surface area (Å²) in [5.41, 5.74) is 1.42. The lowest BCUT2D eigenvalue weighted by molar-refractivity contribution is -0.125. The Kier molecular flexibility index (Phi) is 5.39. The van der Waals surface area contributed by atoms with Crippen LogP contribution in [0, 0.1) is 6.92 Å². The van der Waals surface area contributed by atoms with Crippen LogP contribution in [0.4, 0.5) is 0 Å². The Labute approximate surface area is 176 Å². The number of amides is 1. The van der Waals surface area contributed by atoms with Crippen LogP contribution in [-0.2, 0) is 11.3 Å². The Morgan fingerprint density at radius 1 is 1.24 bits per heavy atom. The summed E-state index contributed by atoms with van der Waals surface area (Å²) in [5.74, 6) is -0.236. The molecule has 0 aliphatic carbocycles. The van der Waals surface area contributed by atoms with Gasteiger partial charge in [0, 0.05) is 21.7 Å². The number of aryl methyl sites for hydroxylation is 1. The van der Waals surface area contributed by atoms with Gasteiger partial charge in [-0.3, -0.25) is 9.59 Å². The van der Waals surface area contributed by atoms with Crippen molar-refractivity contribution < 1.29 is 4.79 Å². The highest BCUT2D eigenvalue weighted by Crippen LogP contribution is 2.33. The van der Waals surface area contributed by atoms with Crippen LogP contribution < -0.4 is 10.9 Å². The predicted molar refractivity (Wildman–Crippen MR) is 119 cm³/mol. The molecule has 2 aromatic heterocycles. The quantitative estimate of drug-likeness (QED) is 0.497. The van der Waals surface area contributed by atoms with E-state index >= 15 is 0 Å².